The quantitative estimate of drug-likeness (QED) is 0.745. The summed E-state index contributed by atoms with van der Waals surface area (Å²) < 4.78 is 0. The maximum absolute atomic E-state index is 5.67. The SMILES string of the molecule is CC(C)c1ccc(-c2ccc(N)cc2)cc1. The minimum absolute atomic E-state index is 0.584. The predicted molar refractivity (Wildman–Crippen MR) is 70.4 cm³/mol. The van der Waals surface area contributed by atoms with Gasteiger partial charge >= 0.3 is 0 Å². The maximum atomic E-state index is 5.67. The molecule has 1 heteroatoms. The van der Waals surface area contributed by atoms with Crippen molar-refractivity contribution < 1.29 is 0 Å². The number of hydrogen-bond acceptors (Lipinski definition) is 1. The van der Waals surface area contributed by atoms with Gasteiger partial charge in [0.25, 0.3) is 0 Å². The van der Waals surface area contributed by atoms with Crippen LogP contribution in [0.5, 0.6) is 0 Å². The van der Waals surface area contributed by atoms with Crippen molar-refractivity contribution in [2.75, 3.05) is 5.73 Å². The van der Waals surface area contributed by atoms with Crippen LogP contribution in [0.2, 0.25) is 0 Å². The monoisotopic (exact) mass is 211 g/mol. The lowest BCUT2D eigenvalue weighted by molar-refractivity contribution is 0.867. The second-order valence-corrected chi connectivity index (χ2v) is 4.40. The summed E-state index contributed by atoms with van der Waals surface area (Å²) in [6, 6.07) is 16.7. The van der Waals surface area contributed by atoms with Crippen molar-refractivity contribution in [3.05, 3.63) is 54.1 Å². The van der Waals surface area contributed by atoms with Crippen LogP contribution in [0, 0.1) is 0 Å². The van der Waals surface area contributed by atoms with Crippen LogP contribution < -0.4 is 5.73 Å². The molecule has 0 aromatic heterocycles. The number of benzene rings is 2. The van der Waals surface area contributed by atoms with Crippen molar-refractivity contribution in [1.82, 2.24) is 0 Å². The van der Waals surface area contributed by atoms with Crippen LogP contribution in [0.25, 0.3) is 11.1 Å². The lowest BCUT2D eigenvalue weighted by atomic mass is 9.99. The van der Waals surface area contributed by atoms with Crippen LogP contribution >= 0.6 is 0 Å². The van der Waals surface area contributed by atoms with Crippen molar-refractivity contribution in [1.29, 1.82) is 0 Å². The molecule has 0 saturated heterocycles. The first-order valence-corrected chi connectivity index (χ1v) is 5.62. The van der Waals surface area contributed by atoms with Gasteiger partial charge in [-0.05, 0) is 34.7 Å². The number of anilines is 1. The van der Waals surface area contributed by atoms with E-state index >= 15 is 0 Å². The highest BCUT2D eigenvalue weighted by Crippen LogP contribution is 2.23. The van der Waals surface area contributed by atoms with E-state index in [1.54, 1.807) is 0 Å². The second-order valence-electron chi connectivity index (χ2n) is 4.40. The van der Waals surface area contributed by atoms with Crippen LogP contribution in [0.4, 0.5) is 5.69 Å². The van der Waals surface area contributed by atoms with Gasteiger partial charge in [-0.2, -0.15) is 0 Å². The molecule has 0 saturated carbocycles. The summed E-state index contributed by atoms with van der Waals surface area (Å²) in [5, 5.41) is 0. The highest BCUT2D eigenvalue weighted by molar-refractivity contribution is 5.65. The summed E-state index contributed by atoms with van der Waals surface area (Å²) >= 11 is 0. The molecular formula is C15H17N. The normalized spacial score (nSPS) is 10.7. The van der Waals surface area contributed by atoms with Crippen molar-refractivity contribution >= 4 is 5.69 Å². The third kappa shape index (κ3) is 2.25. The fraction of sp³-hybridized carbons (Fsp3) is 0.200. The Morgan fingerprint density at radius 2 is 1.19 bits per heavy atom. The first-order valence-electron chi connectivity index (χ1n) is 5.62. The van der Waals surface area contributed by atoms with E-state index in [0.717, 1.165) is 5.69 Å². The van der Waals surface area contributed by atoms with Crippen LogP contribution in [0.15, 0.2) is 48.5 Å². The molecule has 1 nitrogen and oxygen atoms in total. The minimum Gasteiger partial charge on any atom is -0.399 e. The molecule has 0 aliphatic rings. The van der Waals surface area contributed by atoms with Gasteiger partial charge in [0.1, 0.15) is 0 Å². The largest absolute Gasteiger partial charge is 0.399 e. The van der Waals surface area contributed by atoms with Gasteiger partial charge in [0, 0.05) is 5.69 Å². The maximum Gasteiger partial charge on any atom is 0.0314 e. The van der Waals surface area contributed by atoms with Crippen LogP contribution in [-0.2, 0) is 0 Å². The van der Waals surface area contributed by atoms with E-state index in [1.807, 2.05) is 12.1 Å². The number of hydrogen-bond donors (Lipinski definition) is 1. The number of nitrogens with two attached hydrogens (primary N) is 1. The summed E-state index contributed by atoms with van der Waals surface area (Å²) in [4.78, 5) is 0. The fourth-order valence-corrected chi connectivity index (χ4v) is 1.74. The van der Waals surface area contributed by atoms with Crippen LogP contribution in [-0.4, -0.2) is 0 Å². The molecular weight excluding hydrogens is 194 g/mol. The highest BCUT2D eigenvalue weighted by Gasteiger charge is 2.00. The summed E-state index contributed by atoms with van der Waals surface area (Å²) in [6.07, 6.45) is 0. The molecule has 82 valence electrons. The average molecular weight is 211 g/mol. The molecule has 0 fully saturated rings. The van der Waals surface area contributed by atoms with Gasteiger partial charge in [-0.3, -0.25) is 0 Å². The zero-order valence-corrected chi connectivity index (χ0v) is 9.77. The fourth-order valence-electron chi connectivity index (χ4n) is 1.74. The van der Waals surface area contributed by atoms with E-state index < -0.39 is 0 Å². The van der Waals surface area contributed by atoms with Gasteiger partial charge in [0.15, 0.2) is 0 Å². The zero-order chi connectivity index (χ0) is 11.5. The van der Waals surface area contributed by atoms with Crippen molar-refractivity contribution in [3.63, 3.8) is 0 Å². The van der Waals surface area contributed by atoms with Gasteiger partial charge in [0.2, 0.25) is 0 Å². The molecule has 0 bridgehead atoms. The molecule has 2 aromatic rings. The predicted octanol–water partition coefficient (Wildman–Crippen LogP) is 4.06. The Morgan fingerprint density at radius 3 is 1.62 bits per heavy atom. The van der Waals surface area contributed by atoms with Gasteiger partial charge < -0.3 is 5.73 Å². The molecule has 16 heavy (non-hydrogen) atoms. The van der Waals surface area contributed by atoms with Crippen molar-refractivity contribution in [3.8, 4) is 11.1 Å². The second kappa shape index (κ2) is 4.40. The molecule has 0 heterocycles. The lowest BCUT2D eigenvalue weighted by Crippen LogP contribution is -1.87. The molecule has 0 amide bonds. The third-order valence-electron chi connectivity index (χ3n) is 2.82. The van der Waals surface area contributed by atoms with Crippen LogP contribution in [0.3, 0.4) is 0 Å². The minimum atomic E-state index is 0.584. The summed E-state index contributed by atoms with van der Waals surface area (Å²) in [5.74, 6) is 0.584. The number of nitrogen functional groups attached to an aromatic ring is 1. The van der Waals surface area contributed by atoms with Gasteiger partial charge in [-0.25, -0.2) is 0 Å². The van der Waals surface area contributed by atoms with Crippen LogP contribution in [0.1, 0.15) is 25.3 Å². The molecule has 0 aliphatic heterocycles. The molecule has 2 N–H and O–H groups in total. The summed E-state index contributed by atoms with van der Waals surface area (Å²) in [6.45, 7) is 4.41. The Kier molecular flexibility index (Phi) is 2.95. The summed E-state index contributed by atoms with van der Waals surface area (Å²) in [5.41, 5.74) is 10.3. The highest BCUT2D eigenvalue weighted by atomic mass is 14.5. The molecule has 0 unspecified atom stereocenters. The van der Waals surface area contributed by atoms with Gasteiger partial charge in [-0.1, -0.05) is 50.2 Å². The summed E-state index contributed by atoms with van der Waals surface area (Å²) in [7, 11) is 0. The zero-order valence-electron chi connectivity index (χ0n) is 9.77. The molecule has 2 rings (SSSR count). The third-order valence-corrected chi connectivity index (χ3v) is 2.82. The van der Waals surface area contributed by atoms with E-state index in [1.165, 1.54) is 16.7 Å². The Bertz CT molecular complexity index is 452. The van der Waals surface area contributed by atoms with E-state index in [4.69, 9.17) is 5.73 Å². The Labute approximate surface area is 96.9 Å². The Morgan fingerprint density at radius 1 is 0.750 bits per heavy atom. The molecule has 0 spiro atoms. The van der Waals surface area contributed by atoms with Crippen molar-refractivity contribution in [2.24, 2.45) is 0 Å². The molecule has 0 atom stereocenters. The van der Waals surface area contributed by atoms with Gasteiger partial charge in [0.05, 0.1) is 0 Å². The van der Waals surface area contributed by atoms with E-state index in [2.05, 4.69) is 50.2 Å². The van der Waals surface area contributed by atoms with Crippen molar-refractivity contribution in [2.45, 2.75) is 19.8 Å². The van der Waals surface area contributed by atoms with E-state index in [-0.39, 0.29) is 0 Å². The first-order chi connectivity index (χ1) is 7.66. The molecule has 0 radical (unpaired) electrons. The standard InChI is InChI=1S/C15H17N/c1-11(2)12-3-5-13(6-4-12)14-7-9-15(16)10-8-14/h3-11H,16H2,1-2H3. The Hall–Kier alpha value is -1.76. The molecule has 2 aromatic carbocycles. The smallest absolute Gasteiger partial charge is 0.0314 e. The Balaban J connectivity index is 2.31. The van der Waals surface area contributed by atoms with E-state index in [9.17, 15) is 0 Å². The molecule has 0 aliphatic carbocycles. The van der Waals surface area contributed by atoms with E-state index in [0.29, 0.717) is 5.92 Å². The van der Waals surface area contributed by atoms with Gasteiger partial charge in [-0.15, -0.1) is 0 Å². The first kappa shape index (κ1) is 10.7. The average Bonchev–Trinajstić information content (AvgIpc) is 2.30. The lowest BCUT2D eigenvalue weighted by Gasteiger charge is -2.07. The topological polar surface area (TPSA) is 26.0 Å². The number of rotatable bonds is 2.